The van der Waals surface area contributed by atoms with Gasteiger partial charge < -0.3 is 14.3 Å². The third-order valence-corrected chi connectivity index (χ3v) is 4.44. The summed E-state index contributed by atoms with van der Waals surface area (Å²) in [7, 11) is 0. The van der Waals surface area contributed by atoms with Crippen LogP contribution in [0.1, 0.15) is 68.2 Å². The molecule has 0 saturated carbocycles. The zero-order chi connectivity index (χ0) is 18.1. The number of halogens is 1. The van der Waals surface area contributed by atoms with Gasteiger partial charge in [0.2, 0.25) is 5.76 Å². The number of furan rings is 1. The lowest BCUT2D eigenvalue weighted by atomic mass is 9.85. The molecule has 0 amide bonds. The maximum absolute atomic E-state index is 11.0. The van der Waals surface area contributed by atoms with Crippen molar-refractivity contribution in [1.82, 2.24) is 0 Å². The van der Waals surface area contributed by atoms with Crippen LogP contribution in [0.25, 0.3) is 0 Å². The molecule has 0 bridgehead atoms. The number of carboxylic acids is 1. The Morgan fingerprint density at radius 1 is 1.33 bits per heavy atom. The molecule has 0 aliphatic rings. The number of benzene rings is 1. The number of hydrogen-bond donors (Lipinski definition) is 1. The standard InChI is InChI=1S/C19H23BrO4/c1-6-12-9-13(19(3,4)5)17(14(20)10-12)23-11(2)15-7-8-16(24-15)18(21)22/h7-11H,6H2,1-5H3,(H,21,22). The summed E-state index contributed by atoms with van der Waals surface area (Å²) in [5, 5.41) is 8.98. The minimum atomic E-state index is -1.09. The van der Waals surface area contributed by atoms with Gasteiger partial charge in [-0.3, -0.25) is 0 Å². The van der Waals surface area contributed by atoms with E-state index in [9.17, 15) is 4.79 Å². The van der Waals surface area contributed by atoms with E-state index in [1.54, 1.807) is 6.07 Å². The van der Waals surface area contributed by atoms with E-state index in [1.807, 2.05) is 6.92 Å². The number of aromatic carboxylic acids is 1. The zero-order valence-corrected chi connectivity index (χ0v) is 16.2. The summed E-state index contributed by atoms with van der Waals surface area (Å²) in [5.74, 6) is 0.0772. The molecule has 0 aliphatic heterocycles. The van der Waals surface area contributed by atoms with Crippen molar-refractivity contribution in [1.29, 1.82) is 0 Å². The van der Waals surface area contributed by atoms with Crippen LogP contribution < -0.4 is 4.74 Å². The molecule has 24 heavy (non-hydrogen) atoms. The second kappa shape index (κ2) is 7.01. The van der Waals surface area contributed by atoms with Crippen molar-refractivity contribution in [3.8, 4) is 5.75 Å². The van der Waals surface area contributed by atoms with Gasteiger partial charge in [0, 0.05) is 5.56 Å². The first-order valence-electron chi connectivity index (χ1n) is 7.96. The maximum atomic E-state index is 11.0. The summed E-state index contributed by atoms with van der Waals surface area (Å²) in [4.78, 5) is 11.0. The highest BCUT2D eigenvalue weighted by molar-refractivity contribution is 9.10. The van der Waals surface area contributed by atoms with Crippen LogP contribution in [0.5, 0.6) is 5.75 Å². The largest absolute Gasteiger partial charge is 0.481 e. The van der Waals surface area contributed by atoms with Gasteiger partial charge in [0.05, 0.1) is 4.47 Å². The topological polar surface area (TPSA) is 59.7 Å². The molecule has 1 heterocycles. The highest BCUT2D eigenvalue weighted by atomic mass is 79.9. The molecule has 1 aromatic heterocycles. The van der Waals surface area contributed by atoms with E-state index in [2.05, 4.69) is 55.8 Å². The van der Waals surface area contributed by atoms with E-state index in [0.717, 1.165) is 22.2 Å². The minimum Gasteiger partial charge on any atom is -0.481 e. The summed E-state index contributed by atoms with van der Waals surface area (Å²) in [5.41, 5.74) is 2.25. The molecule has 0 fully saturated rings. The first-order valence-corrected chi connectivity index (χ1v) is 8.75. The number of hydrogen-bond acceptors (Lipinski definition) is 3. The maximum Gasteiger partial charge on any atom is 0.371 e. The van der Waals surface area contributed by atoms with E-state index < -0.39 is 12.1 Å². The second-order valence-electron chi connectivity index (χ2n) is 6.83. The van der Waals surface area contributed by atoms with Gasteiger partial charge in [0.25, 0.3) is 0 Å². The summed E-state index contributed by atoms with van der Waals surface area (Å²) < 4.78 is 12.4. The van der Waals surface area contributed by atoms with Crippen molar-refractivity contribution < 1.29 is 19.1 Å². The van der Waals surface area contributed by atoms with Gasteiger partial charge in [-0.15, -0.1) is 0 Å². The lowest BCUT2D eigenvalue weighted by Crippen LogP contribution is -2.15. The van der Waals surface area contributed by atoms with Gasteiger partial charge in [-0.2, -0.15) is 0 Å². The van der Waals surface area contributed by atoms with Crippen LogP contribution in [0.4, 0.5) is 0 Å². The SMILES string of the molecule is CCc1cc(Br)c(OC(C)c2ccc(C(=O)O)o2)c(C(C)(C)C)c1. The molecule has 2 rings (SSSR count). The summed E-state index contributed by atoms with van der Waals surface area (Å²) in [6.45, 7) is 10.4. The number of rotatable bonds is 5. The van der Waals surface area contributed by atoms with Gasteiger partial charge >= 0.3 is 5.97 Å². The van der Waals surface area contributed by atoms with Crippen molar-refractivity contribution in [3.05, 3.63) is 51.4 Å². The molecule has 0 radical (unpaired) electrons. The molecular weight excluding hydrogens is 372 g/mol. The smallest absolute Gasteiger partial charge is 0.371 e. The first kappa shape index (κ1) is 18.6. The number of ether oxygens (including phenoxy) is 1. The van der Waals surface area contributed by atoms with Crippen molar-refractivity contribution in [3.63, 3.8) is 0 Å². The molecule has 1 N–H and O–H groups in total. The van der Waals surface area contributed by atoms with E-state index in [0.29, 0.717) is 5.76 Å². The van der Waals surface area contributed by atoms with Gasteiger partial charge in [0.1, 0.15) is 11.5 Å². The average molecular weight is 395 g/mol. The monoisotopic (exact) mass is 394 g/mol. The van der Waals surface area contributed by atoms with Crippen LogP contribution in [0, 0.1) is 0 Å². The van der Waals surface area contributed by atoms with E-state index in [-0.39, 0.29) is 11.2 Å². The summed E-state index contributed by atoms with van der Waals surface area (Å²) >= 11 is 3.61. The van der Waals surface area contributed by atoms with Crippen molar-refractivity contribution in [2.45, 2.75) is 52.6 Å². The zero-order valence-electron chi connectivity index (χ0n) is 14.6. The molecule has 1 atom stereocenters. The van der Waals surface area contributed by atoms with Crippen molar-refractivity contribution in [2.75, 3.05) is 0 Å². The minimum absolute atomic E-state index is 0.0852. The molecule has 2 aromatic rings. The van der Waals surface area contributed by atoms with Gasteiger partial charge in [0.15, 0.2) is 6.10 Å². The predicted molar refractivity (Wildman–Crippen MR) is 96.9 cm³/mol. The van der Waals surface area contributed by atoms with Crippen LogP contribution in [0.2, 0.25) is 0 Å². The lowest BCUT2D eigenvalue weighted by molar-refractivity contribution is 0.0655. The average Bonchev–Trinajstić information content (AvgIpc) is 2.97. The Morgan fingerprint density at radius 2 is 2.00 bits per heavy atom. The fraction of sp³-hybridized carbons (Fsp3) is 0.421. The summed E-state index contributed by atoms with van der Waals surface area (Å²) in [6, 6.07) is 7.30. The molecule has 5 heteroatoms. The number of carbonyl (C=O) groups is 1. The lowest BCUT2D eigenvalue weighted by Gasteiger charge is -2.26. The van der Waals surface area contributed by atoms with E-state index >= 15 is 0 Å². The Bertz CT molecular complexity index is 740. The molecule has 0 saturated heterocycles. The first-order chi connectivity index (χ1) is 11.1. The highest BCUT2D eigenvalue weighted by Crippen LogP contribution is 2.40. The number of carboxylic acid groups (broad SMARTS) is 1. The highest BCUT2D eigenvalue weighted by Gasteiger charge is 2.24. The van der Waals surface area contributed by atoms with Gasteiger partial charge in [-0.25, -0.2) is 4.79 Å². The Kier molecular flexibility index (Phi) is 5.43. The molecule has 0 aliphatic carbocycles. The Balaban J connectivity index is 2.38. The van der Waals surface area contributed by atoms with Crippen molar-refractivity contribution >= 4 is 21.9 Å². The number of aryl methyl sites for hydroxylation is 1. The quantitative estimate of drug-likeness (QED) is 0.701. The van der Waals surface area contributed by atoms with Crippen LogP contribution in [-0.4, -0.2) is 11.1 Å². The molecule has 1 unspecified atom stereocenters. The van der Waals surface area contributed by atoms with Gasteiger partial charge in [-0.1, -0.05) is 33.8 Å². The fourth-order valence-corrected chi connectivity index (χ4v) is 3.05. The van der Waals surface area contributed by atoms with Crippen LogP contribution in [0.3, 0.4) is 0 Å². The Morgan fingerprint density at radius 3 is 2.50 bits per heavy atom. The molecule has 4 nitrogen and oxygen atoms in total. The van der Waals surface area contributed by atoms with E-state index in [1.165, 1.54) is 11.6 Å². The predicted octanol–water partition coefficient (Wildman–Crippen LogP) is 5.74. The molecular formula is C19H23BrO4. The third-order valence-electron chi connectivity index (χ3n) is 3.85. The van der Waals surface area contributed by atoms with Crippen LogP contribution in [0.15, 0.2) is 33.2 Å². The normalized spacial score (nSPS) is 12.9. The Hall–Kier alpha value is -1.75. The Labute approximate surface area is 151 Å². The molecule has 1 aromatic carbocycles. The second-order valence-corrected chi connectivity index (χ2v) is 7.68. The van der Waals surface area contributed by atoms with E-state index in [4.69, 9.17) is 14.3 Å². The molecule has 0 spiro atoms. The molecule has 130 valence electrons. The van der Waals surface area contributed by atoms with Crippen molar-refractivity contribution in [2.24, 2.45) is 0 Å². The van der Waals surface area contributed by atoms with Crippen LogP contribution >= 0.6 is 15.9 Å². The van der Waals surface area contributed by atoms with Gasteiger partial charge in [-0.05, 0) is 58.5 Å². The third kappa shape index (κ3) is 4.01. The fourth-order valence-electron chi connectivity index (χ4n) is 2.45. The van der Waals surface area contributed by atoms with Crippen LogP contribution in [-0.2, 0) is 11.8 Å². The summed E-state index contributed by atoms with van der Waals surface area (Å²) in [6.07, 6.45) is 0.542.